The van der Waals surface area contributed by atoms with E-state index < -0.39 is 6.09 Å². The van der Waals surface area contributed by atoms with E-state index >= 15 is 0 Å². The van der Waals surface area contributed by atoms with Crippen molar-refractivity contribution in [2.45, 2.75) is 25.7 Å². The highest BCUT2D eigenvalue weighted by Crippen LogP contribution is 2.05. The van der Waals surface area contributed by atoms with Crippen molar-refractivity contribution in [2.75, 3.05) is 23.0 Å². The van der Waals surface area contributed by atoms with Crippen LogP contribution in [-0.2, 0) is 17.6 Å². The number of carbonyl (C=O) groups is 1. The zero-order chi connectivity index (χ0) is 25.7. The number of pyridine rings is 2. The molecule has 2 aromatic carbocycles. The summed E-state index contributed by atoms with van der Waals surface area (Å²) in [5.41, 5.74) is 9.32. The monoisotopic (exact) mass is 548 g/mol. The summed E-state index contributed by atoms with van der Waals surface area (Å²) in [5.74, 6) is 0. The maximum atomic E-state index is 11.5. The Hall–Kier alpha value is -3.71. The van der Waals surface area contributed by atoms with Crippen molar-refractivity contribution in [2.24, 2.45) is 0 Å². The Morgan fingerprint density at radius 3 is 1.83 bits per heavy atom. The number of anilines is 2. The van der Waals surface area contributed by atoms with Crippen LogP contribution in [0.25, 0.3) is 0 Å². The smallest absolute Gasteiger partial charge is 0.411 e. The first kappa shape index (κ1) is 28.5. The molecule has 0 aliphatic rings. The molecule has 0 aliphatic heterocycles. The molecule has 2 heterocycles. The number of halogens is 1. The summed E-state index contributed by atoms with van der Waals surface area (Å²) in [6.07, 6.45) is 10.2. The van der Waals surface area contributed by atoms with Crippen molar-refractivity contribution in [3.8, 4) is 0 Å². The number of benzene rings is 2. The molecular formula is C29H33BrN4O2. The zero-order valence-corrected chi connectivity index (χ0v) is 21.9. The maximum absolute atomic E-state index is 11.5. The Bertz CT molecular complexity index is 1070. The molecule has 0 radical (unpaired) electrons. The summed E-state index contributed by atoms with van der Waals surface area (Å²) >= 11 is 3.41. The first-order valence-corrected chi connectivity index (χ1v) is 12.9. The lowest BCUT2D eigenvalue weighted by Crippen LogP contribution is -2.14. The second kappa shape index (κ2) is 18.6. The average molecular weight is 550 g/mol. The van der Waals surface area contributed by atoms with E-state index in [0.29, 0.717) is 18.0 Å². The number of nitrogens with two attached hydrogens (primary N) is 1. The number of nitrogen functional groups attached to an aromatic ring is 1. The molecule has 4 aromatic rings. The van der Waals surface area contributed by atoms with Gasteiger partial charge in [-0.2, -0.15) is 0 Å². The van der Waals surface area contributed by atoms with Gasteiger partial charge in [0, 0.05) is 23.9 Å². The highest BCUT2D eigenvalue weighted by Gasteiger charge is 2.02. The molecule has 3 N–H and O–H groups in total. The molecule has 6 nitrogen and oxygen atoms in total. The molecule has 0 atom stereocenters. The minimum Gasteiger partial charge on any atom is -0.449 e. The average Bonchev–Trinajstić information content (AvgIpc) is 2.93. The predicted octanol–water partition coefficient (Wildman–Crippen LogP) is 6.94. The second-order valence-electron chi connectivity index (χ2n) is 7.66. The SMILES string of the molecule is BrCCCc1ccccc1.Nc1cccnc1.O=C(Nc1cccnc1)OCCCc1ccccc1. The van der Waals surface area contributed by atoms with Gasteiger partial charge in [0.2, 0.25) is 0 Å². The van der Waals surface area contributed by atoms with Crippen LogP contribution in [0.2, 0.25) is 0 Å². The number of alkyl halides is 1. The fourth-order valence-electron chi connectivity index (χ4n) is 2.97. The van der Waals surface area contributed by atoms with Gasteiger partial charge in [0.25, 0.3) is 0 Å². The Morgan fingerprint density at radius 2 is 1.36 bits per heavy atom. The second-order valence-corrected chi connectivity index (χ2v) is 8.45. The Balaban J connectivity index is 0.000000222. The minimum atomic E-state index is -0.443. The topological polar surface area (TPSA) is 90.1 Å². The number of aryl methyl sites for hydroxylation is 2. The van der Waals surface area contributed by atoms with Gasteiger partial charge in [0.15, 0.2) is 0 Å². The summed E-state index contributed by atoms with van der Waals surface area (Å²) in [5, 5.41) is 3.72. The van der Waals surface area contributed by atoms with E-state index in [-0.39, 0.29) is 0 Å². The summed E-state index contributed by atoms with van der Waals surface area (Å²) in [4.78, 5) is 19.1. The third-order valence-corrected chi connectivity index (χ3v) is 5.28. The van der Waals surface area contributed by atoms with Crippen LogP contribution < -0.4 is 11.1 Å². The molecule has 0 fully saturated rings. The fourth-order valence-corrected chi connectivity index (χ4v) is 3.25. The predicted molar refractivity (Wildman–Crippen MR) is 151 cm³/mol. The first-order chi connectivity index (χ1) is 17.7. The Kier molecular flexibility index (Phi) is 14.7. The highest BCUT2D eigenvalue weighted by atomic mass is 79.9. The molecule has 7 heteroatoms. The van der Waals surface area contributed by atoms with E-state index in [1.54, 1.807) is 49.1 Å². The van der Waals surface area contributed by atoms with Gasteiger partial charge in [-0.3, -0.25) is 15.3 Å². The number of nitrogens with zero attached hydrogens (tertiary/aromatic N) is 2. The molecule has 0 saturated heterocycles. The Morgan fingerprint density at radius 1 is 0.778 bits per heavy atom. The summed E-state index contributed by atoms with van der Waals surface area (Å²) in [6.45, 7) is 0.404. The Labute approximate surface area is 222 Å². The third kappa shape index (κ3) is 13.9. The normalized spacial score (nSPS) is 9.58. The summed E-state index contributed by atoms with van der Waals surface area (Å²) in [6, 6.07) is 27.8. The van der Waals surface area contributed by atoms with E-state index in [1.807, 2.05) is 18.2 Å². The summed E-state index contributed by atoms with van der Waals surface area (Å²) in [7, 11) is 0. The van der Waals surface area contributed by atoms with E-state index in [9.17, 15) is 4.79 Å². The molecule has 0 spiro atoms. The lowest BCUT2D eigenvalue weighted by Gasteiger charge is -2.06. The van der Waals surface area contributed by atoms with Crippen molar-refractivity contribution < 1.29 is 9.53 Å². The molecule has 1 amide bonds. The quantitative estimate of drug-likeness (QED) is 0.184. The number of amides is 1. The lowest BCUT2D eigenvalue weighted by molar-refractivity contribution is 0.160. The van der Waals surface area contributed by atoms with Crippen LogP contribution >= 0.6 is 15.9 Å². The largest absolute Gasteiger partial charge is 0.449 e. The number of carbonyl (C=O) groups excluding carboxylic acids is 1. The molecule has 0 saturated carbocycles. The van der Waals surface area contributed by atoms with Crippen LogP contribution in [0.15, 0.2) is 110 Å². The van der Waals surface area contributed by atoms with Crippen molar-refractivity contribution >= 4 is 33.4 Å². The molecule has 0 aliphatic carbocycles. The van der Waals surface area contributed by atoms with E-state index in [0.717, 1.165) is 18.2 Å². The van der Waals surface area contributed by atoms with E-state index in [2.05, 4.69) is 73.7 Å². The van der Waals surface area contributed by atoms with Crippen molar-refractivity contribution in [1.82, 2.24) is 9.97 Å². The van der Waals surface area contributed by atoms with Crippen LogP contribution in [0.5, 0.6) is 0 Å². The van der Waals surface area contributed by atoms with Gasteiger partial charge in [0.1, 0.15) is 0 Å². The molecule has 2 aromatic heterocycles. The first-order valence-electron chi connectivity index (χ1n) is 11.8. The molecular weight excluding hydrogens is 516 g/mol. The van der Waals surface area contributed by atoms with Crippen LogP contribution in [-0.4, -0.2) is 28.0 Å². The molecule has 0 unspecified atom stereocenters. The number of aromatic nitrogens is 2. The minimum absolute atomic E-state index is 0.404. The van der Waals surface area contributed by atoms with E-state index in [1.165, 1.54) is 24.0 Å². The molecule has 0 bridgehead atoms. The number of hydrogen-bond donors (Lipinski definition) is 2. The number of nitrogens with one attached hydrogen (secondary N) is 1. The summed E-state index contributed by atoms with van der Waals surface area (Å²) < 4.78 is 5.09. The number of rotatable bonds is 8. The molecule has 4 rings (SSSR count). The fraction of sp³-hybridized carbons (Fsp3) is 0.207. The van der Waals surface area contributed by atoms with Crippen LogP contribution in [0.4, 0.5) is 16.2 Å². The van der Waals surface area contributed by atoms with Crippen LogP contribution in [0.1, 0.15) is 24.0 Å². The highest BCUT2D eigenvalue weighted by molar-refractivity contribution is 9.09. The van der Waals surface area contributed by atoms with Crippen molar-refractivity contribution in [3.05, 3.63) is 121 Å². The van der Waals surface area contributed by atoms with Gasteiger partial charge < -0.3 is 10.5 Å². The third-order valence-electron chi connectivity index (χ3n) is 4.72. The van der Waals surface area contributed by atoms with Gasteiger partial charge in [-0.25, -0.2) is 4.79 Å². The van der Waals surface area contributed by atoms with Gasteiger partial charge in [-0.1, -0.05) is 76.6 Å². The van der Waals surface area contributed by atoms with Crippen LogP contribution in [0, 0.1) is 0 Å². The van der Waals surface area contributed by atoms with Crippen LogP contribution in [0.3, 0.4) is 0 Å². The zero-order valence-electron chi connectivity index (χ0n) is 20.3. The lowest BCUT2D eigenvalue weighted by atomic mass is 10.1. The maximum Gasteiger partial charge on any atom is 0.411 e. The van der Waals surface area contributed by atoms with Gasteiger partial charge >= 0.3 is 6.09 Å². The van der Waals surface area contributed by atoms with E-state index in [4.69, 9.17) is 10.5 Å². The van der Waals surface area contributed by atoms with Gasteiger partial charge in [-0.15, -0.1) is 0 Å². The number of hydrogen-bond acceptors (Lipinski definition) is 5. The number of ether oxygens (including phenoxy) is 1. The van der Waals surface area contributed by atoms with Crippen molar-refractivity contribution in [1.29, 1.82) is 0 Å². The standard InChI is InChI=1S/C15H16N2O2.C9H11Br.C5H6N2/c18-15(17-14-9-4-10-16-12-14)19-11-5-8-13-6-2-1-3-7-13;10-8-4-7-9-5-2-1-3-6-9;6-5-2-1-3-7-4-5/h1-4,6-7,9-10,12H,5,8,11H2,(H,17,18);1-3,5-6H,4,7-8H2;1-4H,6H2. The molecule has 36 heavy (non-hydrogen) atoms. The molecule has 188 valence electrons. The van der Waals surface area contributed by atoms with Crippen molar-refractivity contribution in [3.63, 3.8) is 0 Å². The van der Waals surface area contributed by atoms with Gasteiger partial charge in [0.05, 0.1) is 24.2 Å². The van der Waals surface area contributed by atoms with Gasteiger partial charge in [-0.05, 0) is 61.1 Å².